The molecule has 2 aromatic rings. The Balaban J connectivity index is 2.55. The number of imidazole rings is 1. The molecule has 0 aliphatic carbocycles. The molecule has 2 atom stereocenters. The zero-order valence-corrected chi connectivity index (χ0v) is 12.7. The highest BCUT2D eigenvalue weighted by Crippen LogP contribution is 2.25. The van der Waals surface area contributed by atoms with Crippen molar-refractivity contribution >= 4 is 34.5 Å². The van der Waals surface area contributed by atoms with E-state index in [2.05, 4.69) is 33.8 Å². The molecule has 0 N–H and O–H groups in total. The second-order valence-corrected chi connectivity index (χ2v) is 6.53. The molecule has 2 rings (SSSR count). The van der Waals surface area contributed by atoms with E-state index in [-0.39, 0.29) is 5.38 Å². The first-order valence-corrected chi connectivity index (χ1v) is 7.75. The lowest BCUT2D eigenvalue weighted by Gasteiger charge is -2.13. The number of hydrogen-bond acceptors (Lipinski definition) is 3. The molecule has 0 aliphatic heterocycles. The Hall–Kier alpha value is -0.740. The lowest BCUT2D eigenvalue weighted by Crippen LogP contribution is -2.13. The fourth-order valence-corrected chi connectivity index (χ4v) is 2.41. The van der Waals surface area contributed by atoms with Crippen molar-refractivity contribution in [3.05, 3.63) is 23.7 Å². The number of nitrogens with zero attached hydrogens (tertiary/aromatic N) is 3. The molecule has 0 aromatic carbocycles. The number of aryl methyl sites for hydroxylation is 1. The van der Waals surface area contributed by atoms with Gasteiger partial charge in [0.25, 0.3) is 0 Å². The van der Waals surface area contributed by atoms with Crippen molar-refractivity contribution in [3.8, 4) is 0 Å². The van der Waals surface area contributed by atoms with Crippen LogP contribution >= 0.6 is 23.4 Å². The van der Waals surface area contributed by atoms with E-state index in [0.29, 0.717) is 5.25 Å². The van der Waals surface area contributed by atoms with Crippen LogP contribution in [0, 0.1) is 6.92 Å². The van der Waals surface area contributed by atoms with E-state index in [1.807, 2.05) is 31.8 Å². The van der Waals surface area contributed by atoms with Gasteiger partial charge in [-0.1, -0.05) is 6.92 Å². The van der Waals surface area contributed by atoms with Crippen LogP contribution in [0.4, 0.5) is 0 Å². The van der Waals surface area contributed by atoms with Gasteiger partial charge in [-0.2, -0.15) is 11.8 Å². The Morgan fingerprint density at radius 1 is 1.44 bits per heavy atom. The van der Waals surface area contributed by atoms with E-state index in [0.717, 1.165) is 29.1 Å². The highest BCUT2D eigenvalue weighted by atomic mass is 35.5. The smallest absolute Gasteiger partial charge is 0.160 e. The number of rotatable bonds is 4. The quantitative estimate of drug-likeness (QED) is 0.800. The Morgan fingerprint density at radius 3 is 2.78 bits per heavy atom. The third kappa shape index (κ3) is 2.64. The summed E-state index contributed by atoms with van der Waals surface area (Å²) in [7, 11) is 0. The van der Waals surface area contributed by atoms with Gasteiger partial charge in [0.2, 0.25) is 0 Å². The number of hydrogen-bond donors (Lipinski definition) is 0. The van der Waals surface area contributed by atoms with Gasteiger partial charge < -0.3 is 4.57 Å². The Bertz CT molecular complexity index is 550. The van der Waals surface area contributed by atoms with Gasteiger partial charge in [-0.3, -0.25) is 0 Å². The van der Waals surface area contributed by atoms with E-state index in [1.54, 1.807) is 0 Å². The number of alkyl halides is 1. The SMILES string of the molecule is CSC(C)Cn1c(C(C)Cl)nc2cc(C)cnc21. The second kappa shape index (κ2) is 5.49. The lowest BCUT2D eigenvalue weighted by atomic mass is 10.3. The van der Waals surface area contributed by atoms with Gasteiger partial charge >= 0.3 is 0 Å². The van der Waals surface area contributed by atoms with Gasteiger partial charge in [-0.25, -0.2) is 9.97 Å². The van der Waals surface area contributed by atoms with E-state index >= 15 is 0 Å². The largest absolute Gasteiger partial charge is 0.310 e. The first-order valence-electron chi connectivity index (χ1n) is 6.02. The van der Waals surface area contributed by atoms with Gasteiger partial charge in [0, 0.05) is 18.0 Å². The average molecular weight is 284 g/mol. The summed E-state index contributed by atoms with van der Waals surface area (Å²) >= 11 is 8.06. The molecule has 0 spiro atoms. The maximum atomic E-state index is 6.23. The Labute approximate surface area is 117 Å². The van der Waals surface area contributed by atoms with Crippen LogP contribution in [0.1, 0.15) is 30.6 Å². The lowest BCUT2D eigenvalue weighted by molar-refractivity contribution is 0.660. The van der Waals surface area contributed by atoms with E-state index < -0.39 is 0 Å². The van der Waals surface area contributed by atoms with E-state index in [4.69, 9.17) is 11.6 Å². The predicted octanol–water partition coefficient (Wildman–Crippen LogP) is 3.79. The van der Waals surface area contributed by atoms with Crippen LogP contribution in [0.2, 0.25) is 0 Å². The van der Waals surface area contributed by atoms with Crippen molar-refractivity contribution < 1.29 is 0 Å². The molecule has 0 saturated carbocycles. The number of pyridine rings is 1. The topological polar surface area (TPSA) is 30.7 Å². The fraction of sp³-hybridized carbons (Fsp3) is 0.538. The zero-order chi connectivity index (χ0) is 13.3. The molecule has 5 heteroatoms. The van der Waals surface area contributed by atoms with Crippen LogP contribution in [0.15, 0.2) is 12.3 Å². The molecular formula is C13H18ClN3S. The summed E-state index contributed by atoms with van der Waals surface area (Å²) in [5.41, 5.74) is 2.99. The summed E-state index contributed by atoms with van der Waals surface area (Å²) in [5, 5.41) is 0.410. The van der Waals surface area contributed by atoms with Gasteiger partial charge in [0.15, 0.2) is 5.65 Å². The highest BCUT2D eigenvalue weighted by molar-refractivity contribution is 7.99. The third-order valence-corrected chi connectivity index (χ3v) is 4.10. The van der Waals surface area contributed by atoms with Gasteiger partial charge in [0.1, 0.15) is 11.3 Å². The molecule has 18 heavy (non-hydrogen) atoms. The third-order valence-electron chi connectivity index (χ3n) is 2.95. The molecule has 2 aromatic heterocycles. The summed E-state index contributed by atoms with van der Waals surface area (Å²) in [4.78, 5) is 9.12. The molecule has 0 fully saturated rings. The van der Waals surface area contributed by atoms with Crippen LogP contribution in [0.25, 0.3) is 11.2 Å². The van der Waals surface area contributed by atoms with Crippen molar-refractivity contribution in [2.45, 2.75) is 37.9 Å². The van der Waals surface area contributed by atoms with Gasteiger partial charge in [0.05, 0.1) is 5.38 Å². The maximum absolute atomic E-state index is 6.23. The summed E-state index contributed by atoms with van der Waals surface area (Å²) in [6, 6.07) is 2.06. The zero-order valence-electron chi connectivity index (χ0n) is 11.1. The molecular weight excluding hydrogens is 266 g/mol. The number of fused-ring (bicyclic) bond motifs is 1. The minimum Gasteiger partial charge on any atom is -0.310 e. The molecule has 98 valence electrons. The summed E-state index contributed by atoms with van der Waals surface area (Å²) in [6.45, 7) is 7.07. The molecule has 3 nitrogen and oxygen atoms in total. The van der Waals surface area contributed by atoms with E-state index in [1.165, 1.54) is 0 Å². The molecule has 2 heterocycles. The van der Waals surface area contributed by atoms with Crippen molar-refractivity contribution in [3.63, 3.8) is 0 Å². The molecule has 2 unspecified atom stereocenters. The first-order chi connectivity index (χ1) is 8.52. The Kier molecular flexibility index (Phi) is 4.17. The van der Waals surface area contributed by atoms with Crippen molar-refractivity contribution in [2.24, 2.45) is 0 Å². The highest BCUT2D eigenvalue weighted by Gasteiger charge is 2.17. The number of thioether (sulfide) groups is 1. The number of aromatic nitrogens is 3. The van der Waals surface area contributed by atoms with E-state index in [9.17, 15) is 0 Å². The second-order valence-electron chi connectivity index (χ2n) is 4.60. The van der Waals surface area contributed by atoms with Crippen LogP contribution in [0.5, 0.6) is 0 Å². The monoisotopic (exact) mass is 283 g/mol. The van der Waals surface area contributed by atoms with Gasteiger partial charge in [-0.05, 0) is 31.7 Å². The number of halogens is 1. The average Bonchev–Trinajstić information content (AvgIpc) is 2.67. The fourth-order valence-electron chi connectivity index (χ4n) is 1.94. The molecule has 0 aliphatic rings. The van der Waals surface area contributed by atoms with Crippen molar-refractivity contribution in [1.29, 1.82) is 0 Å². The molecule has 0 amide bonds. The van der Waals surface area contributed by atoms with Crippen LogP contribution < -0.4 is 0 Å². The summed E-state index contributed by atoms with van der Waals surface area (Å²) in [6.07, 6.45) is 4.00. The van der Waals surface area contributed by atoms with Crippen molar-refractivity contribution in [1.82, 2.24) is 14.5 Å². The summed E-state index contributed by atoms with van der Waals surface area (Å²) in [5.74, 6) is 0.908. The summed E-state index contributed by atoms with van der Waals surface area (Å²) < 4.78 is 2.15. The normalized spacial score (nSPS) is 14.9. The van der Waals surface area contributed by atoms with Crippen LogP contribution in [-0.2, 0) is 6.54 Å². The molecule has 0 radical (unpaired) electrons. The van der Waals surface area contributed by atoms with Gasteiger partial charge in [-0.15, -0.1) is 11.6 Å². The minimum atomic E-state index is -0.103. The predicted molar refractivity (Wildman–Crippen MR) is 79.5 cm³/mol. The molecule has 0 saturated heterocycles. The Morgan fingerprint density at radius 2 is 2.17 bits per heavy atom. The standard InChI is InChI=1S/C13H18ClN3S/c1-8-5-11-13(15-6-8)17(7-9(2)18-4)12(16-11)10(3)14/h5-6,9-10H,7H2,1-4H3. The first kappa shape index (κ1) is 13.7. The molecule has 0 bridgehead atoms. The minimum absolute atomic E-state index is 0.103. The van der Waals surface area contributed by atoms with Crippen LogP contribution in [0.3, 0.4) is 0 Å². The van der Waals surface area contributed by atoms with Crippen LogP contribution in [-0.4, -0.2) is 26.0 Å². The van der Waals surface area contributed by atoms with Crippen molar-refractivity contribution in [2.75, 3.05) is 6.26 Å². The maximum Gasteiger partial charge on any atom is 0.160 e.